The Morgan fingerprint density at radius 3 is 2.58 bits per heavy atom. The highest BCUT2D eigenvalue weighted by Crippen LogP contribution is 2.27. The van der Waals surface area contributed by atoms with Gasteiger partial charge >= 0.3 is 0 Å². The Kier molecular flexibility index (Phi) is 4.94. The van der Waals surface area contributed by atoms with Crippen LogP contribution in [0.5, 0.6) is 0 Å². The summed E-state index contributed by atoms with van der Waals surface area (Å²) in [6.07, 6.45) is 0.341. The van der Waals surface area contributed by atoms with Gasteiger partial charge in [0, 0.05) is 25.0 Å². The van der Waals surface area contributed by atoms with E-state index in [0.717, 1.165) is 6.07 Å². The number of carbonyl (C=O) groups is 2. The van der Waals surface area contributed by atoms with Crippen molar-refractivity contribution < 1.29 is 14.5 Å². The topological polar surface area (TPSA) is 105 Å². The number of rotatable bonds is 4. The standard InChI is InChI=1S/C17H13ClN4O4/c18-13-10-12(22(25)26)6-7-14(13)19-17(24)15-8-9-16(23)21(20-15)11-4-2-1-3-5-11/h1-7,10H,8-9H2,(H,19,24). The number of hydrogen-bond donors (Lipinski definition) is 1. The maximum absolute atomic E-state index is 12.4. The molecular weight excluding hydrogens is 360 g/mol. The largest absolute Gasteiger partial charge is 0.320 e. The van der Waals surface area contributed by atoms with Gasteiger partial charge in [-0.2, -0.15) is 5.10 Å². The van der Waals surface area contributed by atoms with Crippen LogP contribution in [-0.4, -0.2) is 22.4 Å². The maximum Gasteiger partial charge on any atom is 0.271 e. The number of halogens is 1. The lowest BCUT2D eigenvalue weighted by Crippen LogP contribution is -2.36. The van der Waals surface area contributed by atoms with Crippen LogP contribution in [0, 0.1) is 10.1 Å². The summed E-state index contributed by atoms with van der Waals surface area (Å²) in [4.78, 5) is 34.7. The summed E-state index contributed by atoms with van der Waals surface area (Å²) in [6, 6.07) is 12.5. The van der Waals surface area contributed by atoms with Gasteiger partial charge in [0.1, 0.15) is 5.71 Å². The molecule has 2 aromatic carbocycles. The van der Waals surface area contributed by atoms with Gasteiger partial charge in [-0.3, -0.25) is 19.7 Å². The fourth-order valence-corrected chi connectivity index (χ4v) is 2.62. The van der Waals surface area contributed by atoms with Gasteiger partial charge in [-0.1, -0.05) is 29.8 Å². The van der Waals surface area contributed by atoms with E-state index in [4.69, 9.17) is 11.6 Å². The van der Waals surface area contributed by atoms with Crippen LogP contribution in [0.15, 0.2) is 53.6 Å². The predicted molar refractivity (Wildman–Crippen MR) is 97.3 cm³/mol. The minimum absolute atomic E-state index is 0.0416. The Balaban J connectivity index is 1.81. The quantitative estimate of drug-likeness (QED) is 0.656. The van der Waals surface area contributed by atoms with Crippen LogP contribution in [0.3, 0.4) is 0 Å². The molecule has 0 fully saturated rings. The van der Waals surface area contributed by atoms with Crippen LogP contribution in [0.25, 0.3) is 0 Å². The smallest absolute Gasteiger partial charge is 0.271 e. The lowest BCUT2D eigenvalue weighted by Gasteiger charge is -2.23. The molecule has 0 radical (unpaired) electrons. The Labute approximate surface area is 153 Å². The fraction of sp³-hybridized carbons (Fsp3) is 0.118. The zero-order chi connectivity index (χ0) is 18.7. The summed E-state index contributed by atoms with van der Waals surface area (Å²) in [6.45, 7) is 0. The molecule has 1 N–H and O–H groups in total. The first-order chi connectivity index (χ1) is 12.5. The van der Waals surface area contributed by atoms with Crippen molar-refractivity contribution in [1.29, 1.82) is 0 Å². The van der Waals surface area contributed by atoms with Crippen molar-refractivity contribution in [2.75, 3.05) is 10.3 Å². The van der Waals surface area contributed by atoms with Gasteiger partial charge in [0.2, 0.25) is 5.91 Å². The average molecular weight is 373 g/mol. The third-order valence-electron chi connectivity index (χ3n) is 3.71. The molecule has 0 saturated heterocycles. The minimum Gasteiger partial charge on any atom is -0.320 e. The Morgan fingerprint density at radius 1 is 1.19 bits per heavy atom. The molecule has 0 saturated carbocycles. The number of hydrogen-bond acceptors (Lipinski definition) is 5. The van der Waals surface area contributed by atoms with E-state index in [1.165, 1.54) is 17.1 Å². The van der Waals surface area contributed by atoms with E-state index in [0.29, 0.717) is 5.69 Å². The molecule has 0 aromatic heterocycles. The first-order valence-electron chi connectivity index (χ1n) is 7.66. The average Bonchev–Trinajstić information content (AvgIpc) is 2.64. The number of carbonyl (C=O) groups excluding carboxylic acids is 2. The molecule has 0 unspecified atom stereocenters. The number of nitrogens with one attached hydrogen (secondary N) is 1. The zero-order valence-corrected chi connectivity index (χ0v) is 14.1. The molecule has 1 heterocycles. The van der Waals surface area contributed by atoms with Crippen LogP contribution in [0.4, 0.5) is 17.1 Å². The number of non-ortho nitro benzene ring substituents is 1. The highest BCUT2D eigenvalue weighted by Gasteiger charge is 2.26. The van der Waals surface area contributed by atoms with Crippen LogP contribution in [-0.2, 0) is 9.59 Å². The molecule has 3 rings (SSSR count). The van der Waals surface area contributed by atoms with Crippen molar-refractivity contribution in [2.24, 2.45) is 5.10 Å². The summed E-state index contributed by atoms with van der Waals surface area (Å²) in [7, 11) is 0. The summed E-state index contributed by atoms with van der Waals surface area (Å²) in [5.41, 5.74) is 0.788. The van der Waals surface area contributed by atoms with Gasteiger partial charge in [-0.25, -0.2) is 5.01 Å². The lowest BCUT2D eigenvalue weighted by atomic mass is 10.1. The molecule has 1 aliphatic rings. The monoisotopic (exact) mass is 372 g/mol. The third kappa shape index (κ3) is 3.70. The number of anilines is 2. The summed E-state index contributed by atoms with van der Waals surface area (Å²) in [5.74, 6) is -0.727. The molecule has 0 atom stereocenters. The van der Waals surface area contributed by atoms with Gasteiger partial charge in [-0.15, -0.1) is 0 Å². The van der Waals surface area contributed by atoms with Crippen molar-refractivity contribution in [3.63, 3.8) is 0 Å². The molecule has 0 spiro atoms. The molecule has 0 bridgehead atoms. The number of nitro benzene ring substituents is 1. The molecule has 132 valence electrons. The van der Waals surface area contributed by atoms with Crippen molar-refractivity contribution >= 4 is 46.2 Å². The second-order valence-electron chi connectivity index (χ2n) is 5.46. The number of nitrogens with zero attached hydrogens (tertiary/aromatic N) is 3. The van der Waals surface area contributed by atoms with Crippen LogP contribution in [0.1, 0.15) is 12.8 Å². The number of hydrazone groups is 1. The minimum atomic E-state index is -0.577. The first-order valence-corrected chi connectivity index (χ1v) is 8.04. The highest BCUT2D eigenvalue weighted by atomic mass is 35.5. The second-order valence-corrected chi connectivity index (χ2v) is 5.87. The van der Waals surface area contributed by atoms with Crippen molar-refractivity contribution in [1.82, 2.24) is 0 Å². The van der Waals surface area contributed by atoms with Crippen LogP contribution in [0.2, 0.25) is 5.02 Å². The predicted octanol–water partition coefficient (Wildman–Crippen LogP) is 3.37. The molecule has 1 aliphatic heterocycles. The van der Waals surface area contributed by atoms with E-state index in [1.807, 2.05) is 6.07 Å². The molecule has 9 heteroatoms. The third-order valence-corrected chi connectivity index (χ3v) is 4.02. The zero-order valence-electron chi connectivity index (χ0n) is 13.4. The highest BCUT2D eigenvalue weighted by molar-refractivity contribution is 6.45. The molecule has 2 aromatic rings. The summed E-state index contributed by atoms with van der Waals surface area (Å²) >= 11 is 5.98. The Hall–Kier alpha value is -3.26. The molecule has 2 amide bonds. The first kappa shape index (κ1) is 17.6. The van der Waals surface area contributed by atoms with E-state index in [9.17, 15) is 19.7 Å². The summed E-state index contributed by atoms with van der Waals surface area (Å²) in [5, 5.41) is 18.7. The van der Waals surface area contributed by atoms with E-state index >= 15 is 0 Å². The molecule has 0 aliphatic carbocycles. The number of para-hydroxylation sites is 1. The van der Waals surface area contributed by atoms with E-state index < -0.39 is 10.8 Å². The Bertz CT molecular complexity index is 914. The molecule has 26 heavy (non-hydrogen) atoms. The van der Waals surface area contributed by atoms with Crippen molar-refractivity contribution in [3.8, 4) is 0 Å². The number of amides is 2. The van der Waals surface area contributed by atoms with Gasteiger partial charge in [0.25, 0.3) is 11.6 Å². The molecular formula is C17H13ClN4O4. The van der Waals surface area contributed by atoms with Crippen molar-refractivity contribution in [3.05, 3.63) is 63.7 Å². The van der Waals surface area contributed by atoms with Crippen molar-refractivity contribution in [2.45, 2.75) is 12.8 Å². The van der Waals surface area contributed by atoms with Gasteiger partial charge in [-0.05, 0) is 18.2 Å². The number of nitro groups is 1. The fourth-order valence-electron chi connectivity index (χ4n) is 2.40. The summed E-state index contributed by atoms with van der Waals surface area (Å²) < 4.78 is 0. The number of benzene rings is 2. The van der Waals surface area contributed by atoms with E-state index in [1.54, 1.807) is 24.3 Å². The SMILES string of the molecule is O=C(Nc1ccc([N+](=O)[O-])cc1Cl)C1=NN(c2ccccc2)C(=O)CC1. The van der Waals surface area contributed by atoms with E-state index in [2.05, 4.69) is 10.4 Å². The van der Waals surface area contributed by atoms with Gasteiger partial charge < -0.3 is 5.32 Å². The van der Waals surface area contributed by atoms with Crippen LogP contribution >= 0.6 is 11.6 Å². The Morgan fingerprint density at radius 2 is 1.92 bits per heavy atom. The van der Waals surface area contributed by atoms with Gasteiger partial charge in [0.05, 0.1) is 21.3 Å². The van der Waals surface area contributed by atoms with Gasteiger partial charge in [0.15, 0.2) is 0 Å². The molecule has 8 nitrogen and oxygen atoms in total. The van der Waals surface area contributed by atoms with E-state index in [-0.39, 0.29) is 40.9 Å². The normalized spacial score (nSPS) is 14.0. The maximum atomic E-state index is 12.4. The lowest BCUT2D eigenvalue weighted by molar-refractivity contribution is -0.384. The second kappa shape index (κ2) is 7.32. The van der Waals surface area contributed by atoms with Crippen LogP contribution < -0.4 is 10.3 Å².